The predicted octanol–water partition coefficient (Wildman–Crippen LogP) is 3.36. The van der Waals surface area contributed by atoms with Crippen LogP contribution in [0.4, 0.5) is 0 Å². The van der Waals surface area contributed by atoms with Crippen molar-refractivity contribution < 1.29 is 9.53 Å². The van der Waals surface area contributed by atoms with E-state index >= 15 is 0 Å². The highest BCUT2D eigenvalue weighted by Crippen LogP contribution is 2.33. The van der Waals surface area contributed by atoms with Gasteiger partial charge < -0.3 is 10.1 Å². The average Bonchev–Trinajstić information content (AvgIpc) is 3.08. The second-order valence-electron chi connectivity index (χ2n) is 6.97. The predicted molar refractivity (Wildman–Crippen MR) is 96.0 cm³/mol. The van der Waals surface area contributed by atoms with Gasteiger partial charge in [-0.15, -0.1) is 0 Å². The van der Waals surface area contributed by atoms with Gasteiger partial charge in [-0.1, -0.05) is 31.0 Å². The standard InChI is InChI=1S/C20H30N2O2/c1-2-24-19-12-5-4-9-16(19)15-22-14-7-3-6-13-21-20(23)17-10-8-11-18(17)22/h4-5,9,12,17-18H,2-3,6-8,10-11,13-15H2,1H3,(H,21,23)/t17-,18+/m1/s1. The zero-order chi connectivity index (χ0) is 16.8. The van der Waals surface area contributed by atoms with Gasteiger partial charge in [-0.3, -0.25) is 9.69 Å². The van der Waals surface area contributed by atoms with Crippen molar-refractivity contribution in [3.8, 4) is 5.75 Å². The lowest BCUT2D eigenvalue weighted by Gasteiger charge is -2.34. The number of carbonyl (C=O) groups excluding carboxylic acids is 1. The summed E-state index contributed by atoms with van der Waals surface area (Å²) >= 11 is 0. The number of hydrogen-bond donors (Lipinski definition) is 1. The van der Waals surface area contributed by atoms with Crippen LogP contribution in [0.1, 0.15) is 51.0 Å². The van der Waals surface area contributed by atoms with Crippen molar-refractivity contribution in [3.05, 3.63) is 29.8 Å². The largest absolute Gasteiger partial charge is 0.494 e. The Kier molecular flexibility index (Phi) is 6.13. The normalized spacial score (nSPS) is 25.8. The highest BCUT2D eigenvalue weighted by molar-refractivity contribution is 5.79. The lowest BCUT2D eigenvalue weighted by atomic mass is 9.98. The second-order valence-corrected chi connectivity index (χ2v) is 6.97. The van der Waals surface area contributed by atoms with E-state index in [9.17, 15) is 4.79 Å². The van der Waals surface area contributed by atoms with Gasteiger partial charge in [0, 0.05) is 24.7 Å². The molecule has 1 saturated carbocycles. The van der Waals surface area contributed by atoms with E-state index in [0.717, 1.165) is 51.1 Å². The Morgan fingerprint density at radius 2 is 2.04 bits per heavy atom. The Hall–Kier alpha value is -1.55. The first-order valence-electron chi connectivity index (χ1n) is 9.52. The fraction of sp³-hybridized carbons (Fsp3) is 0.650. The molecule has 0 radical (unpaired) electrons. The van der Waals surface area contributed by atoms with Crippen molar-refractivity contribution in [2.75, 3.05) is 19.7 Å². The summed E-state index contributed by atoms with van der Waals surface area (Å²) in [5, 5.41) is 3.15. The molecule has 24 heavy (non-hydrogen) atoms. The van der Waals surface area contributed by atoms with Gasteiger partial charge in [-0.2, -0.15) is 0 Å². The summed E-state index contributed by atoms with van der Waals surface area (Å²) in [6, 6.07) is 8.70. The number of fused-ring (bicyclic) bond motifs is 1. The smallest absolute Gasteiger partial charge is 0.224 e. The molecule has 0 unspecified atom stereocenters. The minimum atomic E-state index is 0.155. The van der Waals surface area contributed by atoms with Gasteiger partial charge in [-0.05, 0) is 45.2 Å². The Morgan fingerprint density at radius 1 is 1.17 bits per heavy atom. The molecule has 4 nitrogen and oxygen atoms in total. The maximum atomic E-state index is 12.5. The molecule has 0 aromatic heterocycles. The van der Waals surface area contributed by atoms with Crippen LogP contribution in [0, 0.1) is 5.92 Å². The van der Waals surface area contributed by atoms with Crippen LogP contribution >= 0.6 is 0 Å². The third-order valence-electron chi connectivity index (χ3n) is 5.35. The van der Waals surface area contributed by atoms with Gasteiger partial charge in [0.05, 0.1) is 12.5 Å². The molecule has 1 aliphatic heterocycles. The van der Waals surface area contributed by atoms with Crippen LogP contribution < -0.4 is 10.1 Å². The number of ether oxygens (including phenoxy) is 1. The summed E-state index contributed by atoms with van der Waals surface area (Å²) in [4.78, 5) is 15.1. The van der Waals surface area contributed by atoms with Crippen molar-refractivity contribution in [1.82, 2.24) is 10.2 Å². The van der Waals surface area contributed by atoms with Gasteiger partial charge in [0.25, 0.3) is 0 Å². The Bertz CT molecular complexity index is 546. The van der Waals surface area contributed by atoms with Crippen molar-refractivity contribution in [2.24, 2.45) is 5.92 Å². The van der Waals surface area contributed by atoms with E-state index in [1.165, 1.54) is 18.4 Å². The molecule has 4 heteroatoms. The summed E-state index contributed by atoms with van der Waals surface area (Å²) in [5.74, 6) is 1.40. The maximum Gasteiger partial charge on any atom is 0.224 e. The number of amides is 1. The first-order valence-corrected chi connectivity index (χ1v) is 9.52. The molecule has 1 aromatic carbocycles. The molecule has 2 atom stereocenters. The Balaban J connectivity index is 1.79. The SMILES string of the molecule is CCOc1ccccc1CN1CCCCCNC(=O)[C@@H]2CCC[C@@H]21. The van der Waals surface area contributed by atoms with Crippen LogP contribution in [0.2, 0.25) is 0 Å². The Morgan fingerprint density at radius 3 is 2.92 bits per heavy atom. The van der Waals surface area contributed by atoms with E-state index in [1.807, 2.05) is 13.0 Å². The fourth-order valence-corrected chi connectivity index (χ4v) is 4.15. The van der Waals surface area contributed by atoms with E-state index in [-0.39, 0.29) is 11.8 Å². The number of benzene rings is 1. The third-order valence-corrected chi connectivity index (χ3v) is 5.35. The van der Waals surface area contributed by atoms with Gasteiger partial charge in [-0.25, -0.2) is 0 Å². The lowest BCUT2D eigenvalue weighted by molar-refractivity contribution is -0.126. The van der Waals surface area contributed by atoms with Crippen molar-refractivity contribution in [1.29, 1.82) is 0 Å². The monoisotopic (exact) mass is 330 g/mol. The lowest BCUT2D eigenvalue weighted by Crippen LogP contribution is -2.45. The average molecular weight is 330 g/mol. The van der Waals surface area contributed by atoms with Gasteiger partial charge >= 0.3 is 0 Å². The summed E-state index contributed by atoms with van der Waals surface area (Å²) < 4.78 is 5.81. The molecule has 2 fully saturated rings. The van der Waals surface area contributed by atoms with Gasteiger partial charge in [0.2, 0.25) is 5.91 Å². The topological polar surface area (TPSA) is 41.6 Å². The van der Waals surface area contributed by atoms with Crippen LogP contribution in [0.15, 0.2) is 24.3 Å². The highest BCUT2D eigenvalue weighted by Gasteiger charge is 2.37. The molecule has 0 bridgehead atoms. The van der Waals surface area contributed by atoms with E-state index < -0.39 is 0 Å². The molecule has 132 valence electrons. The zero-order valence-corrected chi connectivity index (χ0v) is 14.8. The minimum Gasteiger partial charge on any atom is -0.494 e. The van der Waals surface area contributed by atoms with E-state index in [2.05, 4.69) is 28.4 Å². The van der Waals surface area contributed by atoms with E-state index in [1.54, 1.807) is 0 Å². The molecular weight excluding hydrogens is 300 g/mol. The molecule has 3 rings (SSSR count). The quantitative estimate of drug-likeness (QED) is 0.920. The number of nitrogens with zero attached hydrogens (tertiary/aromatic N) is 1. The second kappa shape index (κ2) is 8.52. The van der Waals surface area contributed by atoms with Crippen molar-refractivity contribution in [3.63, 3.8) is 0 Å². The van der Waals surface area contributed by atoms with Crippen LogP contribution in [0.25, 0.3) is 0 Å². The van der Waals surface area contributed by atoms with Crippen LogP contribution in [-0.2, 0) is 11.3 Å². The van der Waals surface area contributed by atoms with Gasteiger partial charge in [0.15, 0.2) is 0 Å². The molecule has 1 amide bonds. The summed E-state index contributed by atoms with van der Waals surface area (Å²) in [7, 11) is 0. The number of nitrogens with one attached hydrogen (secondary N) is 1. The maximum absolute atomic E-state index is 12.5. The number of carbonyl (C=O) groups is 1. The number of rotatable bonds is 4. The van der Waals surface area contributed by atoms with Gasteiger partial charge in [0.1, 0.15) is 5.75 Å². The molecule has 0 spiro atoms. The molecule has 1 heterocycles. The molecule has 1 saturated heterocycles. The third kappa shape index (κ3) is 4.10. The van der Waals surface area contributed by atoms with Crippen molar-refractivity contribution >= 4 is 5.91 Å². The Labute approximate surface area is 145 Å². The summed E-state index contributed by atoms with van der Waals surface area (Å²) in [6.45, 7) is 5.51. The first kappa shape index (κ1) is 17.3. The highest BCUT2D eigenvalue weighted by atomic mass is 16.5. The van der Waals surface area contributed by atoms with Crippen molar-refractivity contribution in [2.45, 2.75) is 58.0 Å². The molecule has 2 aliphatic rings. The van der Waals surface area contributed by atoms with E-state index in [4.69, 9.17) is 4.74 Å². The van der Waals surface area contributed by atoms with Crippen LogP contribution in [0.5, 0.6) is 5.75 Å². The zero-order valence-electron chi connectivity index (χ0n) is 14.8. The van der Waals surface area contributed by atoms with Crippen LogP contribution in [0.3, 0.4) is 0 Å². The molecule has 1 aromatic rings. The molecular formula is C20H30N2O2. The summed E-state index contributed by atoms with van der Waals surface area (Å²) in [6.07, 6.45) is 6.80. The summed E-state index contributed by atoms with van der Waals surface area (Å²) in [5.41, 5.74) is 1.24. The molecule has 1 N–H and O–H groups in total. The fourth-order valence-electron chi connectivity index (χ4n) is 4.15. The first-order chi connectivity index (χ1) is 11.8. The van der Waals surface area contributed by atoms with Crippen LogP contribution in [-0.4, -0.2) is 36.5 Å². The van der Waals surface area contributed by atoms with E-state index in [0.29, 0.717) is 12.6 Å². The number of hydrogen-bond acceptors (Lipinski definition) is 3. The minimum absolute atomic E-state index is 0.155. The number of para-hydroxylation sites is 1. The molecule has 1 aliphatic carbocycles.